The molecule has 1 aliphatic carbocycles. The molecule has 0 aliphatic heterocycles. The first kappa shape index (κ1) is 14.2. The van der Waals surface area contributed by atoms with Gasteiger partial charge in [-0.2, -0.15) is 13.2 Å². The lowest BCUT2D eigenvalue weighted by atomic mass is 10.2. The Labute approximate surface area is 116 Å². The Morgan fingerprint density at radius 1 is 1.42 bits per heavy atom. The number of hydrogen-bond donors (Lipinski definition) is 1. The number of rotatable bonds is 4. The number of halogens is 4. The maximum Gasteiger partial charge on any atom is 0.422 e. The molecule has 104 valence electrons. The van der Waals surface area contributed by atoms with Gasteiger partial charge in [0.05, 0.1) is 5.56 Å². The van der Waals surface area contributed by atoms with Crippen molar-refractivity contribution >= 4 is 21.8 Å². The average molecular weight is 338 g/mol. The Kier molecular flexibility index (Phi) is 4.03. The standard InChI is InChI=1S/C12H11BrF3NO2/c13-7-1-4-10(19-6-12(14,15)16)9(5-7)11(18)17-8-2-3-8/h1,4-5,8H,2-3,6H2,(H,17,18). The minimum Gasteiger partial charge on any atom is -0.483 e. The summed E-state index contributed by atoms with van der Waals surface area (Å²) in [5.74, 6) is -0.486. The average Bonchev–Trinajstić information content (AvgIpc) is 3.10. The molecular weight excluding hydrogens is 327 g/mol. The van der Waals surface area contributed by atoms with E-state index >= 15 is 0 Å². The van der Waals surface area contributed by atoms with Crippen molar-refractivity contribution in [1.29, 1.82) is 0 Å². The summed E-state index contributed by atoms with van der Waals surface area (Å²) in [6, 6.07) is 4.45. The predicted molar refractivity (Wildman–Crippen MR) is 66.2 cm³/mol. The lowest BCUT2D eigenvalue weighted by molar-refractivity contribution is -0.153. The fourth-order valence-electron chi connectivity index (χ4n) is 1.46. The monoisotopic (exact) mass is 337 g/mol. The minimum absolute atomic E-state index is 0.0707. The van der Waals surface area contributed by atoms with Crippen molar-refractivity contribution in [2.75, 3.05) is 6.61 Å². The summed E-state index contributed by atoms with van der Waals surface area (Å²) in [5, 5.41) is 2.71. The first-order chi connectivity index (χ1) is 8.85. The van der Waals surface area contributed by atoms with Crippen LogP contribution < -0.4 is 10.1 Å². The molecule has 1 amide bonds. The Morgan fingerprint density at radius 3 is 2.68 bits per heavy atom. The fourth-order valence-corrected chi connectivity index (χ4v) is 1.82. The van der Waals surface area contributed by atoms with Gasteiger partial charge in [0.1, 0.15) is 5.75 Å². The number of alkyl halides is 3. The van der Waals surface area contributed by atoms with Gasteiger partial charge < -0.3 is 10.1 Å². The molecule has 1 saturated carbocycles. The summed E-state index contributed by atoms with van der Waals surface area (Å²) in [6.07, 6.45) is -2.63. The molecule has 1 fully saturated rings. The largest absolute Gasteiger partial charge is 0.483 e. The van der Waals surface area contributed by atoms with Gasteiger partial charge in [0.25, 0.3) is 5.91 Å². The zero-order valence-electron chi connectivity index (χ0n) is 9.76. The SMILES string of the molecule is O=C(NC1CC1)c1cc(Br)ccc1OCC(F)(F)F. The van der Waals surface area contributed by atoms with Crippen LogP contribution in [-0.4, -0.2) is 24.7 Å². The second-order valence-electron chi connectivity index (χ2n) is 4.29. The molecule has 3 nitrogen and oxygen atoms in total. The van der Waals surface area contributed by atoms with E-state index in [0.717, 1.165) is 12.8 Å². The Hall–Kier alpha value is -1.24. The van der Waals surface area contributed by atoms with Crippen molar-refractivity contribution in [3.63, 3.8) is 0 Å². The van der Waals surface area contributed by atoms with E-state index in [-0.39, 0.29) is 17.4 Å². The first-order valence-electron chi connectivity index (χ1n) is 5.65. The third-order valence-corrected chi connectivity index (χ3v) is 2.98. The van der Waals surface area contributed by atoms with Gasteiger partial charge in [-0.15, -0.1) is 0 Å². The molecule has 0 bridgehead atoms. The van der Waals surface area contributed by atoms with Crippen molar-refractivity contribution in [1.82, 2.24) is 5.32 Å². The number of amides is 1. The van der Waals surface area contributed by atoms with E-state index < -0.39 is 18.7 Å². The van der Waals surface area contributed by atoms with Crippen molar-refractivity contribution in [2.45, 2.75) is 25.1 Å². The van der Waals surface area contributed by atoms with Crippen LogP contribution in [0.4, 0.5) is 13.2 Å². The van der Waals surface area contributed by atoms with E-state index in [9.17, 15) is 18.0 Å². The van der Waals surface area contributed by atoms with E-state index in [1.54, 1.807) is 0 Å². The lowest BCUT2D eigenvalue weighted by Gasteiger charge is -2.13. The molecule has 19 heavy (non-hydrogen) atoms. The zero-order chi connectivity index (χ0) is 14.0. The molecule has 0 spiro atoms. The molecule has 7 heteroatoms. The fraction of sp³-hybridized carbons (Fsp3) is 0.417. The van der Waals surface area contributed by atoms with Crippen LogP contribution in [0.1, 0.15) is 23.2 Å². The summed E-state index contributed by atoms with van der Waals surface area (Å²) in [5.41, 5.74) is 0.102. The quantitative estimate of drug-likeness (QED) is 0.915. The van der Waals surface area contributed by atoms with E-state index in [4.69, 9.17) is 0 Å². The summed E-state index contributed by atoms with van der Waals surface area (Å²) >= 11 is 3.18. The van der Waals surface area contributed by atoms with Gasteiger partial charge in [0.15, 0.2) is 6.61 Å². The number of nitrogens with one attached hydrogen (secondary N) is 1. The number of ether oxygens (including phenoxy) is 1. The summed E-state index contributed by atoms with van der Waals surface area (Å²) in [4.78, 5) is 11.9. The third kappa shape index (κ3) is 4.41. The van der Waals surface area contributed by atoms with Crippen molar-refractivity contribution in [2.24, 2.45) is 0 Å². The van der Waals surface area contributed by atoms with Crippen LogP contribution in [0.25, 0.3) is 0 Å². The van der Waals surface area contributed by atoms with Gasteiger partial charge in [0.2, 0.25) is 0 Å². The summed E-state index contributed by atoms with van der Waals surface area (Å²) < 4.78 is 41.7. The normalized spacial score (nSPS) is 15.2. The first-order valence-corrected chi connectivity index (χ1v) is 6.44. The molecule has 1 aromatic carbocycles. The number of carbonyl (C=O) groups is 1. The van der Waals surface area contributed by atoms with E-state index in [2.05, 4.69) is 26.0 Å². The number of benzene rings is 1. The van der Waals surface area contributed by atoms with Gasteiger partial charge in [-0.1, -0.05) is 15.9 Å². The number of hydrogen-bond acceptors (Lipinski definition) is 2. The van der Waals surface area contributed by atoms with Crippen LogP contribution in [0, 0.1) is 0 Å². The molecule has 0 unspecified atom stereocenters. The maximum atomic E-state index is 12.1. The van der Waals surface area contributed by atoms with Crippen molar-refractivity contribution < 1.29 is 22.7 Å². The van der Waals surface area contributed by atoms with Crippen LogP contribution in [0.3, 0.4) is 0 Å². The molecule has 1 aromatic rings. The molecule has 1 N–H and O–H groups in total. The third-order valence-electron chi connectivity index (χ3n) is 2.49. The Bertz CT molecular complexity index is 486. The van der Waals surface area contributed by atoms with Crippen LogP contribution in [0.5, 0.6) is 5.75 Å². The molecular formula is C12H11BrF3NO2. The topological polar surface area (TPSA) is 38.3 Å². The highest BCUT2D eigenvalue weighted by Gasteiger charge is 2.30. The van der Waals surface area contributed by atoms with E-state index in [1.807, 2.05) is 0 Å². The van der Waals surface area contributed by atoms with Crippen molar-refractivity contribution in [3.05, 3.63) is 28.2 Å². The van der Waals surface area contributed by atoms with Gasteiger partial charge in [0, 0.05) is 10.5 Å². The molecule has 0 saturated heterocycles. The minimum atomic E-state index is -4.43. The molecule has 0 aromatic heterocycles. The Balaban J connectivity index is 2.14. The van der Waals surface area contributed by atoms with Crippen LogP contribution in [0.2, 0.25) is 0 Å². The predicted octanol–water partition coefficient (Wildman–Crippen LogP) is 3.28. The second-order valence-corrected chi connectivity index (χ2v) is 5.21. The summed E-state index contributed by atoms with van der Waals surface area (Å²) in [6.45, 7) is -1.42. The van der Waals surface area contributed by atoms with Gasteiger partial charge in [-0.3, -0.25) is 4.79 Å². The molecule has 0 atom stereocenters. The summed E-state index contributed by atoms with van der Waals surface area (Å²) in [7, 11) is 0. The Morgan fingerprint density at radius 2 is 2.11 bits per heavy atom. The lowest BCUT2D eigenvalue weighted by Crippen LogP contribution is -2.27. The van der Waals surface area contributed by atoms with E-state index in [1.165, 1.54) is 18.2 Å². The van der Waals surface area contributed by atoms with Gasteiger partial charge in [-0.25, -0.2) is 0 Å². The second kappa shape index (κ2) is 5.40. The maximum absolute atomic E-state index is 12.1. The highest BCUT2D eigenvalue weighted by molar-refractivity contribution is 9.10. The zero-order valence-corrected chi connectivity index (χ0v) is 11.3. The molecule has 2 rings (SSSR count). The highest BCUT2D eigenvalue weighted by Crippen LogP contribution is 2.27. The molecule has 0 radical (unpaired) electrons. The van der Waals surface area contributed by atoms with Crippen molar-refractivity contribution in [3.8, 4) is 5.75 Å². The van der Waals surface area contributed by atoms with Crippen LogP contribution in [0.15, 0.2) is 22.7 Å². The highest BCUT2D eigenvalue weighted by atomic mass is 79.9. The molecule has 1 aliphatic rings. The number of carbonyl (C=O) groups excluding carboxylic acids is 1. The van der Waals surface area contributed by atoms with E-state index in [0.29, 0.717) is 4.47 Å². The van der Waals surface area contributed by atoms with Crippen LogP contribution >= 0.6 is 15.9 Å². The molecule has 0 heterocycles. The van der Waals surface area contributed by atoms with Gasteiger partial charge >= 0.3 is 6.18 Å². The van der Waals surface area contributed by atoms with Crippen LogP contribution in [-0.2, 0) is 0 Å². The van der Waals surface area contributed by atoms with Gasteiger partial charge in [-0.05, 0) is 31.0 Å². The smallest absolute Gasteiger partial charge is 0.422 e.